The van der Waals surface area contributed by atoms with Crippen molar-refractivity contribution < 1.29 is 19.1 Å². The Balaban J connectivity index is 1.37. The fourth-order valence-corrected chi connectivity index (χ4v) is 4.81. The maximum Gasteiger partial charge on any atom is 0.273 e. The number of nitrogens with one attached hydrogen (secondary N) is 1. The molecule has 9 heteroatoms. The molecule has 1 N–H and O–H groups in total. The fraction of sp³-hybridized carbons (Fsp3) is 0.250. The van der Waals surface area contributed by atoms with Gasteiger partial charge in [0.25, 0.3) is 17.7 Å². The van der Waals surface area contributed by atoms with Gasteiger partial charge in [-0.1, -0.05) is 48.5 Å². The maximum atomic E-state index is 13.4. The third kappa shape index (κ3) is 4.24. The summed E-state index contributed by atoms with van der Waals surface area (Å²) in [5.41, 5.74) is 2.50. The lowest BCUT2D eigenvalue weighted by Crippen LogP contribution is -2.40. The molecule has 2 aliphatic heterocycles. The van der Waals surface area contributed by atoms with Gasteiger partial charge in [-0.05, 0) is 17.2 Å². The lowest BCUT2D eigenvalue weighted by molar-refractivity contribution is -0.120. The van der Waals surface area contributed by atoms with Crippen LogP contribution in [-0.2, 0) is 16.1 Å². The number of thiazole rings is 1. The topological polar surface area (TPSA) is 91.8 Å². The first kappa shape index (κ1) is 21.3. The number of fused-ring (bicyclic) bond motifs is 1. The minimum atomic E-state index is -0.826. The van der Waals surface area contributed by atoms with Crippen molar-refractivity contribution in [2.24, 2.45) is 0 Å². The molecular weight excluding hydrogens is 440 g/mol. The van der Waals surface area contributed by atoms with E-state index in [0.29, 0.717) is 49.1 Å². The van der Waals surface area contributed by atoms with E-state index < -0.39 is 6.04 Å². The molecule has 1 aromatic heterocycles. The highest BCUT2D eigenvalue weighted by Crippen LogP contribution is 2.32. The Morgan fingerprint density at radius 3 is 2.52 bits per heavy atom. The Bertz CT molecular complexity index is 1190. The zero-order chi connectivity index (χ0) is 22.8. The Hall–Kier alpha value is -3.56. The second kappa shape index (κ2) is 9.13. The number of carbonyl (C=O) groups excluding carboxylic acids is 3. The monoisotopic (exact) mass is 462 g/mol. The second-order valence-corrected chi connectivity index (χ2v) is 8.69. The van der Waals surface area contributed by atoms with Gasteiger partial charge in [0.1, 0.15) is 11.7 Å². The molecule has 8 nitrogen and oxygen atoms in total. The summed E-state index contributed by atoms with van der Waals surface area (Å²) in [5, 5.41) is 4.78. The number of anilines is 1. The van der Waals surface area contributed by atoms with Crippen molar-refractivity contribution in [3.8, 4) is 0 Å². The van der Waals surface area contributed by atoms with Crippen LogP contribution in [0.3, 0.4) is 0 Å². The molecule has 0 spiro atoms. The SMILES string of the molecule is O=C(Nc1nc(C(=O)N2CCOCC2)cs1)[C@@H](c1ccccc1)N1Cc2ccccc2C1=O. The van der Waals surface area contributed by atoms with Crippen molar-refractivity contribution >= 4 is 34.2 Å². The van der Waals surface area contributed by atoms with E-state index in [1.54, 1.807) is 21.2 Å². The van der Waals surface area contributed by atoms with Gasteiger partial charge in [0.15, 0.2) is 5.13 Å². The summed E-state index contributed by atoms with van der Waals surface area (Å²) in [6.07, 6.45) is 0. The molecule has 2 aliphatic rings. The molecule has 168 valence electrons. The fourth-order valence-electron chi connectivity index (χ4n) is 4.13. The standard InChI is InChI=1S/C24H22N4O4S/c29-21(26-24-25-19(15-33-24)23(31)27-10-12-32-13-11-27)20(16-6-2-1-3-7-16)28-14-17-8-4-5-9-18(17)22(28)30/h1-9,15,20H,10-14H2,(H,25,26,29)/t20-/m1/s1. The Kier molecular flexibility index (Phi) is 5.89. The maximum absolute atomic E-state index is 13.4. The minimum absolute atomic E-state index is 0.181. The first-order valence-corrected chi connectivity index (χ1v) is 11.6. The van der Waals surface area contributed by atoms with Crippen molar-refractivity contribution in [3.63, 3.8) is 0 Å². The van der Waals surface area contributed by atoms with Crippen molar-refractivity contribution in [1.82, 2.24) is 14.8 Å². The van der Waals surface area contributed by atoms with Crippen LogP contribution in [0, 0.1) is 0 Å². The Labute approximate surface area is 194 Å². The molecule has 0 radical (unpaired) electrons. The van der Waals surface area contributed by atoms with Crippen LogP contribution in [0.5, 0.6) is 0 Å². The summed E-state index contributed by atoms with van der Waals surface area (Å²) < 4.78 is 5.29. The van der Waals surface area contributed by atoms with Crippen LogP contribution in [-0.4, -0.2) is 58.8 Å². The predicted octanol–water partition coefficient (Wildman–Crippen LogP) is 2.95. The molecule has 0 unspecified atom stereocenters. The van der Waals surface area contributed by atoms with E-state index in [1.807, 2.05) is 48.5 Å². The zero-order valence-electron chi connectivity index (χ0n) is 17.8. The molecule has 33 heavy (non-hydrogen) atoms. The van der Waals surface area contributed by atoms with E-state index >= 15 is 0 Å². The summed E-state index contributed by atoms with van der Waals surface area (Å²) in [7, 11) is 0. The lowest BCUT2D eigenvalue weighted by Gasteiger charge is -2.27. The number of amides is 3. The van der Waals surface area contributed by atoms with Crippen molar-refractivity contribution in [1.29, 1.82) is 0 Å². The van der Waals surface area contributed by atoms with Crippen LogP contribution >= 0.6 is 11.3 Å². The zero-order valence-corrected chi connectivity index (χ0v) is 18.6. The first-order chi connectivity index (χ1) is 16.1. The van der Waals surface area contributed by atoms with Crippen molar-refractivity contribution in [2.45, 2.75) is 12.6 Å². The molecule has 1 atom stereocenters. The van der Waals surface area contributed by atoms with Gasteiger partial charge in [0, 0.05) is 30.6 Å². The number of hydrogen-bond acceptors (Lipinski definition) is 6. The smallest absolute Gasteiger partial charge is 0.273 e. The molecule has 3 aromatic rings. The number of morpholine rings is 1. The van der Waals surface area contributed by atoms with Crippen LogP contribution in [0.25, 0.3) is 0 Å². The highest BCUT2D eigenvalue weighted by Gasteiger charge is 2.37. The van der Waals surface area contributed by atoms with Gasteiger partial charge in [0.2, 0.25) is 0 Å². The molecule has 0 saturated carbocycles. The van der Waals surface area contributed by atoms with Gasteiger partial charge < -0.3 is 14.5 Å². The van der Waals surface area contributed by atoms with E-state index in [-0.39, 0.29) is 23.4 Å². The quantitative estimate of drug-likeness (QED) is 0.630. The Morgan fingerprint density at radius 2 is 1.76 bits per heavy atom. The molecule has 1 saturated heterocycles. The molecule has 3 heterocycles. The predicted molar refractivity (Wildman–Crippen MR) is 123 cm³/mol. The number of nitrogens with zero attached hydrogens (tertiary/aromatic N) is 3. The first-order valence-electron chi connectivity index (χ1n) is 10.7. The normalized spacial score (nSPS) is 16.4. The van der Waals surface area contributed by atoms with Gasteiger partial charge in [-0.25, -0.2) is 4.98 Å². The van der Waals surface area contributed by atoms with E-state index in [1.165, 1.54) is 11.3 Å². The van der Waals surface area contributed by atoms with Crippen molar-refractivity contribution in [3.05, 3.63) is 82.4 Å². The van der Waals surface area contributed by atoms with Crippen LogP contribution in [0.1, 0.15) is 38.0 Å². The van der Waals surface area contributed by atoms with Gasteiger partial charge in [0.05, 0.1) is 13.2 Å². The Morgan fingerprint density at radius 1 is 1.03 bits per heavy atom. The summed E-state index contributed by atoms with van der Waals surface area (Å²) in [5.74, 6) is -0.737. The van der Waals surface area contributed by atoms with E-state index in [2.05, 4.69) is 10.3 Å². The van der Waals surface area contributed by atoms with Crippen LogP contribution in [0.15, 0.2) is 60.0 Å². The summed E-state index contributed by atoms with van der Waals surface area (Å²) in [6, 6.07) is 15.8. The van der Waals surface area contributed by atoms with Gasteiger partial charge in [-0.2, -0.15) is 0 Å². The summed E-state index contributed by atoms with van der Waals surface area (Å²) >= 11 is 1.19. The van der Waals surface area contributed by atoms with E-state index in [9.17, 15) is 14.4 Å². The minimum Gasteiger partial charge on any atom is -0.378 e. The molecule has 5 rings (SSSR count). The highest BCUT2D eigenvalue weighted by atomic mass is 32.1. The summed E-state index contributed by atoms with van der Waals surface area (Å²) in [4.78, 5) is 46.8. The van der Waals surface area contributed by atoms with E-state index in [0.717, 1.165) is 5.56 Å². The number of carbonyl (C=O) groups is 3. The number of hydrogen-bond donors (Lipinski definition) is 1. The molecule has 3 amide bonds. The van der Waals surface area contributed by atoms with Crippen LogP contribution in [0.2, 0.25) is 0 Å². The molecule has 2 aromatic carbocycles. The van der Waals surface area contributed by atoms with Crippen molar-refractivity contribution in [2.75, 3.05) is 31.6 Å². The number of rotatable bonds is 5. The van der Waals surface area contributed by atoms with Gasteiger partial charge >= 0.3 is 0 Å². The average Bonchev–Trinajstić information content (AvgIpc) is 3.45. The third-order valence-corrected chi connectivity index (χ3v) is 6.53. The number of aromatic nitrogens is 1. The molecule has 0 aliphatic carbocycles. The largest absolute Gasteiger partial charge is 0.378 e. The number of ether oxygens (including phenoxy) is 1. The highest BCUT2D eigenvalue weighted by molar-refractivity contribution is 7.14. The lowest BCUT2D eigenvalue weighted by atomic mass is 10.0. The van der Waals surface area contributed by atoms with Gasteiger partial charge in [-0.3, -0.25) is 19.7 Å². The third-order valence-electron chi connectivity index (χ3n) is 5.78. The van der Waals surface area contributed by atoms with Crippen LogP contribution < -0.4 is 5.32 Å². The van der Waals surface area contributed by atoms with Gasteiger partial charge in [-0.15, -0.1) is 11.3 Å². The number of benzene rings is 2. The second-order valence-electron chi connectivity index (χ2n) is 7.84. The molecular formula is C24H22N4O4S. The van der Waals surface area contributed by atoms with Crippen LogP contribution in [0.4, 0.5) is 5.13 Å². The van der Waals surface area contributed by atoms with E-state index in [4.69, 9.17) is 4.74 Å². The average molecular weight is 463 g/mol. The molecule has 1 fully saturated rings. The molecule has 0 bridgehead atoms. The summed E-state index contributed by atoms with van der Waals surface area (Å²) in [6.45, 7) is 2.40.